The SMILES string of the molecule is CN(C)CCc1ccc(CN2CCNCC2)cc1. The first-order chi connectivity index (χ1) is 8.74. The maximum absolute atomic E-state index is 3.39. The molecule has 1 fully saturated rings. The van der Waals surface area contributed by atoms with E-state index in [4.69, 9.17) is 0 Å². The number of rotatable bonds is 5. The smallest absolute Gasteiger partial charge is 0.0234 e. The molecule has 3 nitrogen and oxygen atoms in total. The average molecular weight is 247 g/mol. The molecule has 18 heavy (non-hydrogen) atoms. The van der Waals surface area contributed by atoms with Crippen molar-refractivity contribution in [1.29, 1.82) is 0 Å². The first kappa shape index (κ1) is 13.5. The largest absolute Gasteiger partial charge is 0.314 e. The fraction of sp³-hybridized carbons (Fsp3) is 0.600. The summed E-state index contributed by atoms with van der Waals surface area (Å²) in [4.78, 5) is 4.75. The Hall–Kier alpha value is -0.900. The summed E-state index contributed by atoms with van der Waals surface area (Å²) in [5.41, 5.74) is 2.87. The van der Waals surface area contributed by atoms with Crippen molar-refractivity contribution in [3.63, 3.8) is 0 Å². The Kier molecular flexibility index (Phi) is 5.17. The minimum absolute atomic E-state index is 1.09. The van der Waals surface area contributed by atoms with Crippen LogP contribution in [0.15, 0.2) is 24.3 Å². The Morgan fingerprint density at radius 3 is 2.28 bits per heavy atom. The van der Waals surface area contributed by atoms with Gasteiger partial charge in [0.25, 0.3) is 0 Å². The normalized spacial score (nSPS) is 17.3. The zero-order chi connectivity index (χ0) is 12.8. The second-order valence-electron chi connectivity index (χ2n) is 5.40. The second-order valence-corrected chi connectivity index (χ2v) is 5.40. The lowest BCUT2D eigenvalue weighted by Crippen LogP contribution is -2.42. The van der Waals surface area contributed by atoms with Gasteiger partial charge >= 0.3 is 0 Å². The van der Waals surface area contributed by atoms with Crippen molar-refractivity contribution in [3.8, 4) is 0 Å². The van der Waals surface area contributed by atoms with Crippen LogP contribution in [0, 0.1) is 0 Å². The molecule has 1 saturated heterocycles. The van der Waals surface area contributed by atoms with Crippen LogP contribution in [-0.4, -0.2) is 56.6 Å². The molecular weight excluding hydrogens is 222 g/mol. The standard InChI is InChI=1S/C15H25N3/c1-17(2)10-7-14-3-5-15(6-4-14)13-18-11-8-16-9-12-18/h3-6,16H,7-13H2,1-2H3. The van der Waals surface area contributed by atoms with Gasteiger partial charge in [0.2, 0.25) is 0 Å². The summed E-state index contributed by atoms with van der Waals surface area (Å²) in [5, 5.41) is 3.39. The van der Waals surface area contributed by atoms with E-state index in [1.807, 2.05) is 0 Å². The molecule has 0 saturated carbocycles. The number of likely N-dealkylation sites (N-methyl/N-ethyl adjacent to an activating group) is 1. The molecule has 2 rings (SSSR count). The van der Waals surface area contributed by atoms with Crippen molar-refractivity contribution < 1.29 is 0 Å². The fourth-order valence-corrected chi connectivity index (χ4v) is 2.29. The molecule has 0 aromatic heterocycles. The van der Waals surface area contributed by atoms with Crippen LogP contribution in [0.3, 0.4) is 0 Å². The van der Waals surface area contributed by atoms with Gasteiger partial charge in [-0.2, -0.15) is 0 Å². The minimum atomic E-state index is 1.09. The number of hydrogen-bond donors (Lipinski definition) is 1. The highest BCUT2D eigenvalue weighted by molar-refractivity contribution is 5.22. The Balaban J connectivity index is 1.83. The van der Waals surface area contributed by atoms with E-state index in [1.165, 1.54) is 24.2 Å². The second kappa shape index (κ2) is 6.88. The van der Waals surface area contributed by atoms with E-state index in [0.29, 0.717) is 0 Å². The van der Waals surface area contributed by atoms with Crippen molar-refractivity contribution in [2.75, 3.05) is 46.8 Å². The lowest BCUT2D eigenvalue weighted by molar-refractivity contribution is 0.233. The van der Waals surface area contributed by atoms with Crippen molar-refractivity contribution in [2.45, 2.75) is 13.0 Å². The minimum Gasteiger partial charge on any atom is -0.314 e. The third-order valence-corrected chi connectivity index (χ3v) is 3.49. The van der Waals surface area contributed by atoms with Gasteiger partial charge in [-0.25, -0.2) is 0 Å². The lowest BCUT2D eigenvalue weighted by Gasteiger charge is -2.27. The quantitative estimate of drug-likeness (QED) is 0.843. The van der Waals surface area contributed by atoms with Crippen LogP contribution < -0.4 is 5.32 Å². The van der Waals surface area contributed by atoms with E-state index in [1.54, 1.807) is 0 Å². The van der Waals surface area contributed by atoms with E-state index in [9.17, 15) is 0 Å². The molecule has 0 radical (unpaired) electrons. The van der Waals surface area contributed by atoms with Crippen molar-refractivity contribution in [2.24, 2.45) is 0 Å². The van der Waals surface area contributed by atoms with Crippen molar-refractivity contribution in [3.05, 3.63) is 35.4 Å². The molecule has 0 spiro atoms. The summed E-state index contributed by atoms with van der Waals surface area (Å²) in [6.45, 7) is 6.80. The monoisotopic (exact) mass is 247 g/mol. The molecule has 1 N–H and O–H groups in total. The summed E-state index contributed by atoms with van der Waals surface area (Å²) in [6, 6.07) is 9.13. The van der Waals surface area contributed by atoms with Gasteiger partial charge in [-0.15, -0.1) is 0 Å². The maximum atomic E-state index is 3.39. The summed E-state index contributed by atoms with van der Waals surface area (Å²) in [6.07, 6.45) is 1.14. The highest BCUT2D eigenvalue weighted by Crippen LogP contribution is 2.09. The van der Waals surface area contributed by atoms with Gasteiger partial charge < -0.3 is 10.2 Å². The van der Waals surface area contributed by atoms with Crippen LogP contribution >= 0.6 is 0 Å². The van der Waals surface area contributed by atoms with Crippen LogP contribution in [0.1, 0.15) is 11.1 Å². The zero-order valence-corrected chi connectivity index (χ0v) is 11.7. The van der Waals surface area contributed by atoms with Gasteiger partial charge in [0.05, 0.1) is 0 Å². The number of piperazine rings is 1. The molecule has 1 aromatic carbocycles. The first-order valence-electron chi connectivity index (χ1n) is 6.89. The van der Waals surface area contributed by atoms with Gasteiger partial charge in [0.1, 0.15) is 0 Å². The van der Waals surface area contributed by atoms with Crippen LogP contribution in [0.2, 0.25) is 0 Å². The average Bonchev–Trinajstić information content (AvgIpc) is 2.39. The van der Waals surface area contributed by atoms with Crippen LogP contribution in [0.4, 0.5) is 0 Å². The predicted octanol–water partition coefficient (Wildman–Crippen LogP) is 1.20. The molecule has 1 aromatic rings. The van der Waals surface area contributed by atoms with Gasteiger partial charge in [0.15, 0.2) is 0 Å². The molecule has 0 atom stereocenters. The molecular formula is C15H25N3. The number of hydrogen-bond acceptors (Lipinski definition) is 3. The van der Waals surface area contributed by atoms with Crippen LogP contribution in [0.25, 0.3) is 0 Å². The third-order valence-electron chi connectivity index (χ3n) is 3.49. The Morgan fingerprint density at radius 1 is 1.06 bits per heavy atom. The molecule has 1 aliphatic rings. The summed E-state index contributed by atoms with van der Waals surface area (Å²) >= 11 is 0. The first-order valence-corrected chi connectivity index (χ1v) is 6.89. The van der Waals surface area contributed by atoms with E-state index in [0.717, 1.165) is 32.6 Å². The molecule has 0 aliphatic carbocycles. The number of nitrogens with one attached hydrogen (secondary N) is 1. The van der Waals surface area contributed by atoms with Crippen molar-refractivity contribution in [1.82, 2.24) is 15.1 Å². The molecule has 0 amide bonds. The van der Waals surface area contributed by atoms with Gasteiger partial charge in [-0.3, -0.25) is 4.90 Å². The zero-order valence-electron chi connectivity index (χ0n) is 11.7. The Labute approximate surface area is 111 Å². The van der Waals surface area contributed by atoms with Gasteiger partial charge in [-0.05, 0) is 31.6 Å². The molecule has 100 valence electrons. The number of nitrogens with zero attached hydrogens (tertiary/aromatic N) is 2. The van der Waals surface area contributed by atoms with Crippen molar-refractivity contribution >= 4 is 0 Å². The maximum Gasteiger partial charge on any atom is 0.0234 e. The molecule has 1 heterocycles. The predicted molar refractivity (Wildman–Crippen MR) is 76.8 cm³/mol. The van der Waals surface area contributed by atoms with E-state index < -0.39 is 0 Å². The number of benzene rings is 1. The summed E-state index contributed by atoms with van der Waals surface area (Å²) in [7, 11) is 4.25. The van der Waals surface area contributed by atoms with E-state index in [2.05, 4.69) is 53.5 Å². The fourth-order valence-electron chi connectivity index (χ4n) is 2.29. The summed E-state index contributed by atoms with van der Waals surface area (Å²) in [5.74, 6) is 0. The van der Waals surface area contributed by atoms with E-state index in [-0.39, 0.29) is 0 Å². The molecule has 3 heteroatoms. The van der Waals surface area contributed by atoms with E-state index >= 15 is 0 Å². The lowest BCUT2D eigenvalue weighted by atomic mass is 10.1. The van der Waals surface area contributed by atoms with Crippen LogP contribution in [0.5, 0.6) is 0 Å². The van der Waals surface area contributed by atoms with Crippen LogP contribution in [-0.2, 0) is 13.0 Å². The summed E-state index contributed by atoms with van der Waals surface area (Å²) < 4.78 is 0. The Morgan fingerprint density at radius 2 is 1.67 bits per heavy atom. The Bertz CT molecular complexity index is 339. The highest BCUT2D eigenvalue weighted by atomic mass is 15.2. The molecule has 1 aliphatic heterocycles. The topological polar surface area (TPSA) is 18.5 Å². The highest BCUT2D eigenvalue weighted by Gasteiger charge is 2.09. The van der Waals surface area contributed by atoms with Gasteiger partial charge in [-0.1, -0.05) is 24.3 Å². The molecule has 0 unspecified atom stereocenters. The van der Waals surface area contributed by atoms with Gasteiger partial charge in [0, 0.05) is 39.3 Å². The third kappa shape index (κ3) is 4.41. The molecule has 0 bridgehead atoms.